The third-order valence-corrected chi connectivity index (χ3v) is 14.3. The summed E-state index contributed by atoms with van der Waals surface area (Å²) in [6.07, 6.45) is 14.7. The number of carbonyl (C=O) groups excluding carboxylic acids is 9. The third kappa shape index (κ3) is 28.4. The highest BCUT2D eigenvalue weighted by Gasteiger charge is 2.38. The van der Waals surface area contributed by atoms with E-state index in [0.717, 1.165) is 86.2 Å². The Morgan fingerprint density at radius 1 is 0.802 bits per heavy atom. The van der Waals surface area contributed by atoms with Gasteiger partial charge >= 0.3 is 0 Å². The number of piperidine rings is 1. The number of aromatic nitrogens is 2. The lowest BCUT2D eigenvalue weighted by molar-refractivity contribution is -0.229. The van der Waals surface area contributed by atoms with E-state index in [1.54, 1.807) is 60.5 Å². The number of allylic oxidation sites excluding steroid dienone is 1. The molecule has 2 aromatic heterocycles. The number of unbranched alkanes of at least 4 members (excludes halogenated alkanes) is 3. The number of aliphatic hydroxyl groups is 3. The summed E-state index contributed by atoms with van der Waals surface area (Å²) in [5, 5.41) is 46.2. The molecule has 3 aliphatic heterocycles. The average molecular weight is 1270 g/mol. The number of benzene rings is 2. The zero-order valence-corrected chi connectivity index (χ0v) is 54.5. The highest BCUT2D eigenvalue weighted by atomic mass is 16.7. The van der Waals surface area contributed by atoms with Gasteiger partial charge in [0, 0.05) is 131 Å². The molecule has 26 heteroatoms. The number of aldehydes is 5. The molecule has 0 aliphatic carbocycles. The van der Waals surface area contributed by atoms with Gasteiger partial charge in [0.1, 0.15) is 42.9 Å². The number of aryl methyl sites for hydroxylation is 2. The van der Waals surface area contributed by atoms with Gasteiger partial charge in [0.15, 0.2) is 12.6 Å². The standard InChI is InChI=1S/C19H31N3O5.C19H24N2O6.C8H12N2.2C7H10N2O.C5H10O2/c1-14(2)18(19(27)20-15(3)13-24)21-16(25)9-6-5-7-11-22(4)17(26)10-8-12-23;22-10-16-18(24)15(23)8-17(27-16)26-12-4-5-14-13(7-12)19(25)21-6-2-1-3-11(21)9-20-14;1-9-7-3-5-8(10-2)6-4-7;2*1-8-6-3-7(5-10)9(2)4-6;1-7-5-3-2-4-6/h8,10,12-15,18H,5-7,9,11H2,1-4H3,(H,20,27)(H,21,25);4-5,7,9,11,15-18,22-24H,1-3,6,8,10H2;3-6,9-10H,1-2H3;2*3-5,8H,1-2H3;4H,2-3,5H2,1H3/b10-8-;;;;;. The number of aliphatic imine (C=N–C) groups is 1. The van der Waals surface area contributed by atoms with Gasteiger partial charge in [-0.1, -0.05) is 20.3 Å². The maximum atomic E-state index is 13.0. The summed E-state index contributed by atoms with van der Waals surface area (Å²) >= 11 is 0. The molecule has 3 aliphatic rings. The van der Waals surface area contributed by atoms with Crippen molar-refractivity contribution in [1.82, 2.24) is 29.6 Å². The maximum Gasteiger partial charge on any atom is 0.256 e. The molecular weight excluding hydrogens is 1170 g/mol. The van der Waals surface area contributed by atoms with Crippen molar-refractivity contribution >= 4 is 89.7 Å². The summed E-state index contributed by atoms with van der Waals surface area (Å²) in [4.78, 5) is 108. The van der Waals surface area contributed by atoms with Crippen molar-refractivity contribution in [1.29, 1.82) is 0 Å². The second-order valence-corrected chi connectivity index (χ2v) is 21.6. The fourth-order valence-electron chi connectivity index (χ4n) is 8.94. The van der Waals surface area contributed by atoms with E-state index in [1.807, 2.05) is 104 Å². The third-order valence-electron chi connectivity index (χ3n) is 14.3. The van der Waals surface area contributed by atoms with Crippen LogP contribution in [0.5, 0.6) is 5.75 Å². The number of nitrogens with one attached hydrogen (secondary N) is 6. The molecule has 7 rings (SSSR count). The Balaban J connectivity index is 0.000000404. The van der Waals surface area contributed by atoms with E-state index in [-0.39, 0.29) is 48.4 Å². The number of amides is 4. The van der Waals surface area contributed by atoms with E-state index in [0.29, 0.717) is 73.5 Å². The van der Waals surface area contributed by atoms with Gasteiger partial charge in [-0.3, -0.25) is 38.6 Å². The van der Waals surface area contributed by atoms with Gasteiger partial charge in [-0.25, -0.2) is 0 Å². The van der Waals surface area contributed by atoms with Crippen molar-refractivity contribution in [2.24, 2.45) is 25.0 Å². The average Bonchev–Trinajstić information content (AvgIpc) is 2.07. The Morgan fingerprint density at radius 2 is 1.41 bits per heavy atom. The van der Waals surface area contributed by atoms with Crippen LogP contribution in [0.15, 0.2) is 84.1 Å². The number of anilines is 4. The Hall–Kier alpha value is -8.56. The van der Waals surface area contributed by atoms with Crippen LogP contribution in [0.2, 0.25) is 0 Å². The monoisotopic (exact) mass is 1270 g/mol. The predicted octanol–water partition coefficient (Wildman–Crippen LogP) is 5.35. The van der Waals surface area contributed by atoms with E-state index >= 15 is 0 Å². The van der Waals surface area contributed by atoms with Crippen LogP contribution in [-0.4, -0.2) is 207 Å². The van der Waals surface area contributed by atoms with Gasteiger partial charge in [-0.05, 0) is 112 Å². The molecule has 0 radical (unpaired) electrons. The Kier molecular flexibility index (Phi) is 38.0. The molecule has 26 nitrogen and oxygen atoms in total. The SMILES string of the molecule is CC(C=O)NC(=O)C(NC(=O)CCCCCN(C)C(=O)/C=C\C=O)C(C)C.CNc1cc(C=O)n(C)c1.CNc1cc(C=O)n(C)c1.CNc1ccc(NC)cc1.COCCCC=O.O=C1c2cc(OC3CC(O)C(O)C(CO)O3)ccc2N=CC2CCCCN12. The van der Waals surface area contributed by atoms with Crippen molar-refractivity contribution in [3.05, 3.63) is 96.1 Å². The summed E-state index contributed by atoms with van der Waals surface area (Å²) in [6.45, 7) is 6.73. The van der Waals surface area contributed by atoms with Gasteiger partial charge in [0.25, 0.3) is 5.91 Å². The number of rotatable bonds is 26. The summed E-state index contributed by atoms with van der Waals surface area (Å²) in [7, 11) is 14.4. The van der Waals surface area contributed by atoms with E-state index in [9.17, 15) is 58.5 Å². The van der Waals surface area contributed by atoms with Crippen LogP contribution in [0.1, 0.15) is 116 Å². The minimum Gasteiger partial charge on any atom is -0.465 e. The first-order valence-corrected chi connectivity index (χ1v) is 30.3. The first-order chi connectivity index (χ1) is 43.6. The van der Waals surface area contributed by atoms with Crippen LogP contribution in [0.3, 0.4) is 0 Å². The largest absolute Gasteiger partial charge is 0.465 e. The molecule has 0 bridgehead atoms. The fraction of sp³-hybridized carbons (Fsp3) is 0.508. The van der Waals surface area contributed by atoms with Crippen molar-refractivity contribution < 1.29 is 72.7 Å². The second-order valence-electron chi connectivity index (χ2n) is 21.6. The van der Waals surface area contributed by atoms with E-state index < -0.39 is 43.3 Å². The van der Waals surface area contributed by atoms with Crippen molar-refractivity contribution in [2.75, 3.05) is 89.9 Å². The summed E-state index contributed by atoms with van der Waals surface area (Å²) in [6, 6.07) is 15.5. The molecule has 9 N–H and O–H groups in total. The minimum atomic E-state index is -1.16. The first-order valence-electron chi connectivity index (χ1n) is 30.3. The minimum absolute atomic E-state index is 0.0339. The molecule has 4 amide bonds. The van der Waals surface area contributed by atoms with Crippen LogP contribution in [0.25, 0.3) is 0 Å². The van der Waals surface area contributed by atoms with Crippen LogP contribution >= 0.6 is 0 Å². The number of aliphatic hydroxyl groups excluding tert-OH is 3. The van der Waals surface area contributed by atoms with Crippen LogP contribution in [0, 0.1) is 5.92 Å². The molecule has 7 unspecified atom stereocenters. The molecule has 0 saturated carbocycles. The van der Waals surface area contributed by atoms with Crippen LogP contribution in [-0.2, 0) is 52.3 Å². The Bertz CT molecular complexity index is 2840. The number of nitrogens with zero attached hydrogens (tertiary/aromatic N) is 5. The van der Waals surface area contributed by atoms with Gasteiger partial charge in [-0.2, -0.15) is 0 Å². The molecule has 91 heavy (non-hydrogen) atoms. The van der Waals surface area contributed by atoms with Crippen molar-refractivity contribution in [2.45, 2.75) is 128 Å². The van der Waals surface area contributed by atoms with E-state index in [2.05, 4.69) is 41.6 Å². The topological polar surface area (TPSA) is 343 Å². The molecule has 2 fully saturated rings. The lowest BCUT2D eigenvalue weighted by Crippen LogP contribution is -2.51. The fourth-order valence-corrected chi connectivity index (χ4v) is 8.94. The summed E-state index contributed by atoms with van der Waals surface area (Å²) in [5.41, 5.74) is 6.65. The number of likely N-dealkylation sites (N-methyl/N-ethyl adjacent to an activating group) is 1. The molecule has 502 valence electrons. The lowest BCUT2D eigenvalue weighted by atomic mass is 10.0. The maximum absolute atomic E-state index is 13.0. The zero-order valence-electron chi connectivity index (χ0n) is 54.5. The lowest BCUT2D eigenvalue weighted by Gasteiger charge is -2.36. The highest BCUT2D eigenvalue weighted by molar-refractivity contribution is 6.03. The summed E-state index contributed by atoms with van der Waals surface area (Å²) < 4.78 is 19.5. The number of methoxy groups -OCH3 is 1. The first kappa shape index (κ1) is 78.5. The van der Waals surface area contributed by atoms with E-state index in [1.165, 1.54) is 11.0 Å². The quantitative estimate of drug-likeness (QED) is 0.0217. The molecular formula is C65H97N11O15. The number of hydrogen-bond acceptors (Lipinski definition) is 20. The second kappa shape index (κ2) is 44.0. The molecule has 4 aromatic rings. The molecule has 7 atom stereocenters. The van der Waals surface area contributed by atoms with Gasteiger partial charge in [0.05, 0.1) is 58.8 Å². The van der Waals surface area contributed by atoms with E-state index in [4.69, 9.17) is 9.47 Å². The zero-order chi connectivity index (χ0) is 67.8. The number of carbonyl (C=O) groups is 9. The van der Waals surface area contributed by atoms with Crippen molar-refractivity contribution in [3.8, 4) is 5.75 Å². The van der Waals surface area contributed by atoms with Crippen LogP contribution in [0.4, 0.5) is 28.4 Å². The van der Waals surface area contributed by atoms with Crippen molar-refractivity contribution in [3.63, 3.8) is 0 Å². The molecule has 0 spiro atoms. The summed E-state index contributed by atoms with van der Waals surface area (Å²) in [5.74, 6) is -0.589. The van der Waals surface area contributed by atoms with Gasteiger partial charge in [0.2, 0.25) is 24.0 Å². The smallest absolute Gasteiger partial charge is 0.256 e. The Labute approximate surface area is 534 Å². The predicted molar refractivity (Wildman–Crippen MR) is 351 cm³/mol. The Morgan fingerprint density at radius 3 is 1.90 bits per heavy atom. The van der Waals surface area contributed by atoms with Gasteiger partial charge < -0.3 is 90.0 Å². The van der Waals surface area contributed by atoms with Crippen LogP contribution < -0.4 is 36.6 Å². The molecule has 2 saturated heterocycles. The molecule has 5 heterocycles. The number of fused-ring (bicyclic) bond motifs is 2. The number of ether oxygens (including phenoxy) is 3. The molecule has 2 aromatic carbocycles. The number of hydrogen-bond donors (Lipinski definition) is 9. The highest BCUT2D eigenvalue weighted by Crippen LogP contribution is 2.32. The van der Waals surface area contributed by atoms with Gasteiger partial charge in [-0.15, -0.1) is 0 Å². The normalized spacial score (nSPS) is 17.5.